The molecule has 0 saturated carbocycles. The van der Waals surface area contributed by atoms with E-state index in [1.807, 2.05) is 4.90 Å². The number of halogens is 3. The number of nitrogens with zero attached hydrogens (tertiary/aromatic N) is 2. The summed E-state index contributed by atoms with van der Waals surface area (Å²) in [6.07, 6.45) is -3.44. The average molecular weight is 244 g/mol. The topological polar surface area (TPSA) is 40.2 Å². The highest BCUT2D eigenvalue weighted by Crippen LogP contribution is 2.37. The minimum Gasteiger partial charge on any atom is -0.361 e. The van der Waals surface area contributed by atoms with E-state index >= 15 is 0 Å². The molecule has 0 bridgehead atoms. The molecule has 1 atom stereocenters. The molecule has 0 aliphatic carbocycles. The third-order valence-electron chi connectivity index (χ3n) is 3.03. The van der Waals surface area contributed by atoms with Crippen molar-refractivity contribution in [2.75, 3.05) is 29.9 Å². The number of hydrogen-bond donors (Lipinski definition) is 2. The summed E-state index contributed by atoms with van der Waals surface area (Å²) < 4.78 is 37.6. The van der Waals surface area contributed by atoms with Gasteiger partial charge < -0.3 is 15.5 Å². The summed E-state index contributed by atoms with van der Waals surface area (Å²) in [5, 5.41) is 6.23. The Hall–Kier alpha value is -1.50. The fraction of sp³-hybridized carbons (Fsp3) is 0.500. The van der Waals surface area contributed by atoms with Gasteiger partial charge in [-0.05, 0) is 6.07 Å². The van der Waals surface area contributed by atoms with Gasteiger partial charge in [-0.25, -0.2) is 4.98 Å². The Morgan fingerprint density at radius 2 is 2.24 bits per heavy atom. The third-order valence-corrected chi connectivity index (χ3v) is 3.03. The van der Waals surface area contributed by atoms with Gasteiger partial charge in [-0.1, -0.05) is 0 Å². The molecule has 3 heterocycles. The molecule has 0 amide bonds. The number of pyridine rings is 1. The van der Waals surface area contributed by atoms with Gasteiger partial charge in [0, 0.05) is 25.8 Å². The highest BCUT2D eigenvalue weighted by molar-refractivity contribution is 5.73. The number of aromatic nitrogens is 1. The van der Waals surface area contributed by atoms with Gasteiger partial charge >= 0.3 is 6.18 Å². The van der Waals surface area contributed by atoms with Crippen molar-refractivity contribution in [2.24, 2.45) is 0 Å². The van der Waals surface area contributed by atoms with Gasteiger partial charge in [0.2, 0.25) is 0 Å². The van der Waals surface area contributed by atoms with E-state index < -0.39 is 11.7 Å². The summed E-state index contributed by atoms with van der Waals surface area (Å²) in [5.74, 6) is 0.615. The zero-order valence-electron chi connectivity index (χ0n) is 8.88. The second-order valence-electron chi connectivity index (χ2n) is 4.15. The van der Waals surface area contributed by atoms with Crippen LogP contribution in [0.2, 0.25) is 0 Å². The largest absolute Gasteiger partial charge is 0.417 e. The van der Waals surface area contributed by atoms with E-state index in [-0.39, 0.29) is 6.17 Å². The van der Waals surface area contributed by atoms with Crippen molar-refractivity contribution < 1.29 is 13.2 Å². The molecule has 1 saturated heterocycles. The Kier molecular flexibility index (Phi) is 2.19. The van der Waals surface area contributed by atoms with Crippen molar-refractivity contribution in [1.82, 2.24) is 10.3 Å². The van der Waals surface area contributed by atoms with Crippen molar-refractivity contribution in [3.05, 3.63) is 17.8 Å². The van der Waals surface area contributed by atoms with Crippen LogP contribution in [0, 0.1) is 0 Å². The highest BCUT2D eigenvalue weighted by atomic mass is 19.4. The normalized spacial score (nSPS) is 23.0. The van der Waals surface area contributed by atoms with E-state index in [0.29, 0.717) is 18.1 Å². The average Bonchev–Trinajstić information content (AvgIpc) is 2.65. The van der Waals surface area contributed by atoms with Gasteiger partial charge in [0.05, 0.1) is 11.3 Å². The molecule has 0 aromatic carbocycles. The molecule has 1 aromatic rings. The predicted octanol–water partition coefficient (Wildman–Crippen LogP) is 1.26. The number of fused-ring (bicyclic) bond motifs is 3. The van der Waals surface area contributed by atoms with Crippen LogP contribution in [0.5, 0.6) is 0 Å². The fourth-order valence-electron chi connectivity index (χ4n) is 2.21. The molecular formula is C10H11F3N4. The van der Waals surface area contributed by atoms with Crippen LogP contribution >= 0.6 is 0 Å². The van der Waals surface area contributed by atoms with Crippen LogP contribution in [0.25, 0.3) is 0 Å². The SMILES string of the molecule is FC(F)(F)c1cnc2c(c1)NC1CNCCN21. The molecule has 4 nitrogen and oxygen atoms in total. The van der Waals surface area contributed by atoms with Crippen LogP contribution in [-0.2, 0) is 6.18 Å². The van der Waals surface area contributed by atoms with Crippen LogP contribution in [-0.4, -0.2) is 30.8 Å². The maximum atomic E-state index is 12.5. The monoisotopic (exact) mass is 244 g/mol. The summed E-state index contributed by atoms with van der Waals surface area (Å²) in [7, 11) is 0. The second kappa shape index (κ2) is 3.49. The first-order valence-electron chi connectivity index (χ1n) is 5.37. The standard InChI is InChI=1S/C10H11F3N4/c11-10(12,13)6-3-7-9(15-4-6)17-2-1-14-5-8(17)16-7/h3-4,8,14,16H,1-2,5H2. The highest BCUT2D eigenvalue weighted by Gasteiger charge is 2.36. The van der Waals surface area contributed by atoms with Crippen molar-refractivity contribution in [1.29, 1.82) is 0 Å². The number of alkyl halides is 3. The van der Waals surface area contributed by atoms with Crippen LogP contribution in [0.3, 0.4) is 0 Å². The second-order valence-corrected chi connectivity index (χ2v) is 4.15. The summed E-state index contributed by atoms with van der Waals surface area (Å²) in [6, 6.07) is 1.13. The van der Waals surface area contributed by atoms with E-state index in [9.17, 15) is 13.2 Å². The maximum Gasteiger partial charge on any atom is 0.417 e. The smallest absolute Gasteiger partial charge is 0.361 e. The van der Waals surface area contributed by atoms with Crippen molar-refractivity contribution in [3.8, 4) is 0 Å². The van der Waals surface area contributed by atoms with Crippen molar-refractivity contribution in [3.63, 3.8) is 0 Å². The molecule has 2 aliphatic rings. The molecule has 7 heteroatoms. The van der Waals surface area contributed by atoms with E-state index in [2.05, 4.69) is 15.6 Å². The van der Waals surface area contributed by atoms with Gasteiger partial charge in [0.25, 0.3) is 0 Å². The maximum absolute atomic E-state index is 12.5. The number of nitrogens with one attached hydrogen (secondary N) is 2. The minimum absolute atomic E-state index is 0.00901. The number of rotatable bonds is 0. The predicted molar refractivity (Wildman–Crippen MR) is 56.9 cm³/mol. The third kappa shape index (κ3) is 1.70. The summed E-state index contributed by atoms with van der Waals surface area (Å²) in [6.45, 7) is 2.28. The van der Waals surface area contributed by atoms with Gasteiger partial charge in [0.1, 0.15) is 6.17 Å². The Labute approximate surface area is 95.8 Å². The van der Waals surface area contributed by atoms with Crippen molar-refractivity contribution >= 4 is 11.5 Å². The van der Waals surface area contributed by atoms with Crippen LogP contribution < -0.4 is 15.5 Å². The lowest BCUT2D eigenvalue weighted by atomic mass is 10.2. The number of hydrogen-bond acceptors (Lipinski definition) is 4. The van der Waals surface area contributed by atoms with Gasteiger partial charge in [-0.2, -0.15) is 13.2 Å². The fourth-order valence-corrected chi connectivity index (χ4v) is 2.21. The Morgan fingerprint density at radius 1 is 1.41 bits per heavy atom. The molecule has 1 fully saturated rings. The van der Waals surface area contributed by atoms with Crippen LogP contribution in [0.15, 0.2) is 12.3 Å². The van der Waals surface area contributed by atoms with Crippen molar-refractivity contribution in [2.45, 2.75) is 12.3 Å². The van der Waals surface area contributed by atoms with E-state index in [0.717, 1.165) is 25.4 Å². The lowest BCUT2D eigenvalue weighted by Crippen LogP contribution is -2.52. The molecule has 17 heavy (non-hydrogen) atoms. The lowest BCUT2D eigenvalue weighted by Gasteiger charge is -2.30. The minimum atomic E-state index is -4.34. The Bertz CT molecular complexity index is 446. The lowest BCUT2D eigenvalue weighted by molar-refractivity contribution is -0.137. The molecule has 1 unspecified atom stereocenters. The van der Waals surface area contributed by atoms with Crippen LogP contribution in [0.4, 0.5) is 24.7 Å². The molecule has 3 rings (SSSR count). The summed E-state index contributed by atoms with van der Waals surface area (Å²) >= 11 is 0. The first-order valence-corrected chi connectivity index (χ1v) is 5.37. The molecule has 2 N–H and O–H groups in total. The first-order chi connectivity index (χ1) is 8.05. The van der Waals surface area contributed by atoms with Gasteiger partial charge in [-0.3, -0.25) is 0 Å². The Balaban J connectivity index is 1.97. The molecule has 0 radical (unpaired) electrons. The number of piperazine rings is 1. The van der Waals surface area contributed by atoms with E-state index in [4.69, 9.17) is 0 Å². The van der Waals surface area contributed by atoms with Crippen LogP contribution in [0.1, 0.15) is 5.56 Å². The molecular weight excluding hydrogens is 233 g/mol. The Morgan fingerprint density at radius 3 is 3.00 bits per heavy atom. The zero-order chi connectivity index (χ0) is 12.0. The summed E-state index contributed by atoms with van der Waals surface area (Å²) in [5.41, 5.74) is -0.245. The molecule has 92 valence electrons. The van der Waals surface area contributed by atoms with Gasteiger partial charge in [0.15, 0.2) is 5.82 Å². The molecule has 1 aromatic heterocycles. The quantitative estimate of drug-likeness (QED) is 0.721. The number of anilines is 2. The van der Waals surface area contributed by atoms with E-state index in [1.54, 1.807) is 0 Å². The summed E-state index contributed by atoms with van der Waals surface area (Å²) in [4.78, 5) is 5.92. The zero-order valence-corrected chi connectivity index (χ0v) is 8.88. The molecule has 2 aliphatic heterocycles. The van der Waals surface area contributed by atoms with Gasteiger partial charge in [-0.15, -0.1) is 0 Å². The molecule has 0 spiro atoms. The van der Waals surface area contributed by atoms with E-state index in [1.165, 1.54) is 0 Å². The first kappa shape index (κ1) is 10.6.